The fourth-order valence-electron chi connectivity index (χ4n) is 2.11. The van der Waals surface area contributed by atoms with Gasteiger partial charge in [-0.1, -0.05) is 0 Å². The molecule has 0 aromatic heterocycles. The van der Waals surface area contributed by atoms with E-state index < -0.39 is 18.0 Å². The zero-order chi connectivity index (χ0) is 18.8. The number of benzene rings is 1. The van der Waals surface area contributed by atoms with Gasteiger partial charge < -0.3 is 34.7 Å². The number of aliphatic carboxylic acids is 1. The summed E-state index contributed by atoms with van der Waals surface area (Å²) in [6.07, 6.45) is 2.15. The molecular formula is C16H23N2O6S-. The number of ether oxygens (including phenoxy) is 3. The Morgan fingerprint density at radius 1 is 1.16 bits per heavy atom. The lowest BCUT2D eigenvalue weighted by Gasteiger charge is -2.20. The minimum atomic E-state index is -1.31. The number of carbonyl (C=O) groups is 2. The first-order valence-electron chi connectivity index (χ1n) is 7.49. The van der Waals surface area contributed by atoms with Crippen LogP contribution in [-0.4, -0.2) is 51.4 Å². The van der Waals surface area contributed by atoms with Gasteiger partial charge in [0.05, 0.1) is 33.3 Å². The average Bonchev–Trinajstić information content (AvgIpc) is 2.61. The van der Waals surface area contributed by atoms with Crippen LogP contribution in [0.15, 0.2) is 12.1 Å². The summed E-state index contributed by atoms with van der Waals surface area (Å²) in [5, 5.41) is 16.0. The first-order chi connectivity index (χ1) is 12.0. The number of hydrogen-bond acceptors (Lipinski definition) is 7. The third kappa shape index (κ3) is 6.26. The van der Waals surface area contributed by atoms with E-state index in [1.54, 1.807) is 12.1 Å². The van der Waals surface area contributed by atoms with E-state index in [-0.39, 0.29) is 6.54 Å². The molecule has 2 N–H and O–H groups in total. The molecule has 0 aliphatic rings. The van der Waals surface area contributed by atoms with Crippen molar-refractivity contribution in [1.29, 1.82) is 0 Å². The highest BCUT2D eigenvalue weighted by Crippen LogP contribution is 2.38. The summed E-state index contributed by atoms with van der Waals surface area (Å²) in [7, 11) is 4.50. The maximum atomic E-state index is 11.9. The highest BCUT2D eigenvalue weighted by atomic mass is 32.2. The average molecular weight is 371 g/mol. The van der Waals surface area contributed by atoms with Crippen LogP contribution < -0.4 is 30.0 Å². The molecule has 0 saturated heterocycles. The van der Waals surface area contributed by atoms with Crippen molar-refractivity contribution in [3.05, 3.63) is 17.7 Å². The summed E-state index contributed by atoms with van der Waals surface area (Å²) < 4.78 is 15.7. The maximum Gasteiger partial charge on any atom is 0.315 e. The Kier molecular flexibility index (Phi) is 8.76. The number of hydrogen-bond donors (Lipinski definition) is 2. The molecule has 1 aromatic carbocycles. The van der Waals surface area contributed by atoms with Gasteiger partial charge in [0, 0.05) is 6.54 Å². The van der Waals surface area contributed by atoms with E-state index in [1.165, 1.54) is 33.1 Å². The number of amides is 2. The van der Waals surface area contributed by atoms with Crippen LogP contribution >= 0.6 is 11.8 Å². The molecule has 0 fully saturated rings. The molecule has 0 unspecified atom stereocenters. The lowest BCUT2D eigenvalue weighted by atomic mass is 10.2. The van der Waals surface area contributed by atoms with E-state index in [9.17, 15) is 14.7 Å². The van der Waals surface area contributed by atoms with E-state index in [1.807, 2.05) is 6.26 Å². The zero-order valence-electron chi connectivity index (χ0n) is 14.7. The maximum absolute atomic E-state index is 11.9. The second-order valence-electron chi connectivity index (χ2n) is 5.01. The van der Waals surface area contributed by atoms with Gasteiger partial charge in [-0.25, -0.2) is 4.79 Å². The molecule has 9 heteroatoms. The fraction of sp³-hybridized carbons (Fsp3) is 0.500. The summed E-state index contributed by atoms with van der Waals surface area (Å²) in [5.41, 5.74) is 0.707. The van der Waals surface area contributed by atoms with Crippen LogP contribution in [0.3, 0.4) is 0 Å². The summed E-state index contributed by atoms with van der Waals surface area (Å²) >= 11 is 1.49. The molecule has 0 radical (unpaired) electrons. The van der Waals surface area contributed by atoms with Gasteiger partial charge in [-0.05, 0) is 36.1 Å². The number of carboxylic acids is 1. The van der Waals surface area contributed by atoms with Crippen molar-refractivity contribution >= 4 is 23.8 Å². The van der Waals surface area contributed by atoms with Gasteiger partial charge in [-0.15, -0.1) is 0 Å². The first-order valence-corrected chi connectivity index (χ1v) is 8.89. The largest absolute Gasteiger partial charge is 0.548 e. The zero-order valence-corrected chi connectivity index (χ0v) is 15.5. The third-order valence-electron chi connectivity index (χ3n) is 3.38. The quantitative estimate of drug-likeness (QED) is 0.612. The summed E-state index contributed by atoms with van der Waals surface area (Å²) in [6, 6.07) is 1.77. The van der Waals surface area contributed by atoms with Crippen molar-refractivity contribution in [3.63, 3.8) is 0 Å². The number of carbonyl (C=O) groups excluding carboxylic acids is 2. The van der Waals surface area contributed by atoms with Crippen LogP contribution in [0.25, 0.3) is 0 Å². The molecule has 0 spiro atoms. The predicted octanol–water partition coefficient (Wildman–Crippen LogP) is 0.383. The second kappa shape index (κ2) is 10.5. The Morgan fingerprint density at radius 3 is 2.20 bits per heavy atom. The first kappa shape index (κ1) is 20.8. The minimum Gasteiger partial charge on any atom is -0.548 e. The molecule has 0 heterocycles. The summed E-state index contributed by atoms with van der Waals surface area (Å²) in [4.78, 5) is 23.0. The molecule has 1 rings (SSSR count). The van der Waals surface area contributed by atoms with Gasteiger partial charge in [0.2, 0.25) is 5.75 Å². The number of rotatable bonds is 10. The van der Waals surface area contributed by atoms with E-state index in [0.29, 0.717) is 35.0 Å². The smallest absolute Gasteiger partial charge is 0.315 e. The van der Waals surface area contributed by atoms with Crippen molar-refractivity contribution in [2.24, 2.45) is 0 Å². The van der Waals surface area contributed by atoms with Crippen molar-refractivity contribution in [2.45, 2.75) is 19.0 Å². The van der Waals surface area contributed by atoms with Crippen molar-refractivity contribution in [1.82, 2.24) is 10.6 Å². The summed E-state index contributed by atoms with van der Waals surface area (Å²) in [5.74, 6) is 0.675. The lowest BCUT2D eigenvalue weighted by Crippen LogP contribution is -2.51. The number of methoxy groups -OCH3 is 3. The van der Waals surface area contributed by atoms with Crippen LogP contribution in [0, 0.1) is 0 Å². The van der Waals surface area contributed by atoms with Crippen LogP contribution in [0.4, 0.5) is 4.79 Å². The Balaban J connectivity index is 2.73. The lowest BCUT2D eigenvalue weighted by molar-refractivity contribution is -0.308. The summed E-state index contributed by atoms with van der Waals surface area (Å²) in [6.45, 7) is 0.158. The van der Waals surface area contributed by atoms with Crippen molar-refractivity contribution in [3.8, 4) is 17.2 Å². The molecule has 0 bridgehead atoms. The molecule has 25 heavy (non-hydrogen) atoms. The number of carboxylic acid groups (broad SMARTS) is 1. The van der Waals surface area contributed by atoms with Gasteiger partial charge in [0.15, 0.2) is 11.5 Å². The number of nitrogens with one attached hydrogen (secondary N) is 2. The van der Waals surface area contributed by atoms with Gasteiger partial charge in [0.1, 0.15) is 0 Å². The standard InChI is InChI=1S/C16H24N2O6S/c1-22-12-7-10(8-13(23-2)14(12)24-3)9-17-16(21)18-11(15(19)20)5-6-25-4/h7-8,11H,5-6,9H2,1-4H3,(H,19,20)(H2,17,18,21)/p-1/t11-/m0/s1. The van der Waals surface area contributed by atoms with Crippen molar-refractivity contribution in [2.75, 3.05) is 33.3 Å². The van der Waals surface area contributed by atoms with E-state index in [4.69, 9.17) is 14.2 Å². The SMILES string of the molecule is COc1cc(CNC(=O)N[C@@H](CCSC)C(=O)[O-])cc(OC)c1OC. The van der Waals surface area contributed by atoms with Crippen LogP contribution in [0.1, 0.15) is 12.0 Å². The Labute approximate surface area is 151 Å². The molecule has 140 valence electrons. The van der Waals surface area contributed by atoms with Gasteiger partial charge in [-0.3, -0.25) is 0 Å². The molecule has 2 amide bonds. The Morgan fingerprint density at radius 2 is 1.76 bits per heavy atom. The van der Waals surface area contributed by atoms with Crippen molar-refractivity contribution < 1.29 is 28.9 Å². The van der Waals surface area contributed by atoms with Gasteiger partial charge in [0.25, 0.3) is 0 Å². The van der Waals surface area contributed by atoms with Gasteiger partial charge >= 0.3 is 6.03 Å². The Bertz CT molecular complexity index is 571. The molecule has 8 nitrogen and oxygen atoms in total. The predicted molar refractivity (Wildman–Crippen MR) is 93.3 cm³/mol. The monoisotopic (exact) mass is 371 g/mol. The molecule has 1 atom stereocenters. The molecule has 0 aliphatic heterocycles. The highest BCUT2D eigenvalue weighted by molar-refractivity contribution is 7.98. The van der Waals surface area contributed by atoms with Gasteiger partial charge in [-0.2, -0.15) is 11.8 Å². The topological polar surface area (TPSA) is 109 Å². The molecular weight excluding hydrogens is 348 g/mol. The van der Waals surface area contributed by atoms with E-state index >= 15 is 0 Å². The fourth-order valence-corrected chi connectivity index (χ4v) is 2.59. The van der Waals surface area contributed by atoms with Crippen LogP contribution in [-0.2, 0) is 11.3 Å². The van der Waals surface area contributed by atoms with Crippen LogP contribution in [0.2, 0.25) is 0 Å². The minimum absolute atomic E-state index is 0.158. The molecule has 1 aromatic rings. The van der Waals surface area contributed by atoms with E-state index in [0.717, 1.165) is 0 Å². The second-order valence-corrected chi connectivity index (χ2v) is 6.00. The van der Waals surface area contributed by atoms with E-state index in [2.05, 4.69) is 10.6 Å². The Hall–Kier alpha value is -2.29. The molecule has 0 saturated carbocycles. The van der Waals surface area contributed by atoms with Crippen LogP contribution in [0.5, 0.6) is 17.2 Å². The number of thioether (sulfide) groups is 1. The number of urea groups is 1. The molecule has 0 aliphatic carbocycles. The highest BCUT2D eigenvalue weighted by Gasteiger charge is 2.15. The normalized spacial score (nSPS) is 11.4. The third-order valence-corrected chi connectivity index (χ3v) is 4.02.